The van der Waals surface area contributed by atoms with Crippen LogP contribution in [0.15, 0.2) is 6.20 Å². The Morgan fingerprint density at radius 2 is 1.71 bits per heavy atom. The van der Waals surface area contributed by atoms with Crippen molar-refractivity contribution in [2.45, 2.75) is 70.6 Å². The summed E-state index contributed by atoms with van der Waals surface area (Å²) < 4.78 is 32.8. The molecule has 0 unspecified atom stereocenters. The lowest BCUT2D eigenvalue weighted by atomic mass is 9.90. The van der Waals surface area contributed by atoms with Crippen LogP contribution in [0, 0.1) is 0 Å². The van der Waals surface area contributed by atoms with E-state index in [-0.39, 0.29) is 23.5 Å². The number of carbonyl (C=O) groups is 1. The quantitative estimate of drug-likeness (QED) is 0.843. The number of hydrogen-bond donors (Lipinski definition) is 1. The summed E-state index contributed by atoms with van der Waals surface area (Å²) in [7, 11) is 0. The lowest BCUT2D eigenvalue weighted by Gasteiger charge is -2.42. The molecule has 1 aliphatic heterocycles. The van der Waals surface area contributed by atoms with E-state index in [0.717, 1.165) is 38.8 Å². The molecule has 2 N–H and O–H groups in total. The molecule has 7 nitrogen and oxygen atoms in total. The Bertz CT molecular complexity index is 672. The molecule has 9 heteroatoms. The van der Waals surface area contributed by atoms with Crippen LogP contribution in [0.3, 0.4) is 0 Å². The Morgan fingerprint density at radius 1 is 1.14 bits per heavy atom. The van der Waals surface area contributed by atoms with Crippen LogP contribution in [0.25, 0.3) is 0 Å². The summed E-state index contributed by atoms with van der Waals surface area (Å²) >= 11 is 0. The molecule has 1 aliphatic carbocycles. The van der Waals surface area contributed by atoms with Crippen molar-refractivity contribution in [3.8, 4) is 0 Å². The van der Waals surface area contributed by atoms with E-state index in [1.807, 2.05) is 20.8 Å². The van der Waals surface area contributed by atoms with Gasteiger partial charge >= 0.3 is 6.09 Å². The van der Waals surface area contributed by atoms with Gasteiger partial charge in [-0.15, -0.1) is 0 Å². The second kappa shape index (κ2) is 8.23. The molecule has 2 heterocycles. The van der Waals surface area contributed by atoms with Crippen LogP contribution < -0.4 is 5.73 Å². The maximum Gasteiger partial charge on any atom is 0.410 e. The van der Waals surface area contributed by atoms with Gasteiger partial charge in [0, 0.05) is 38.4 Å². The molecule has 1 saturated carbocycles. The fraction of sp³-hybridized carbons (Fsp3) is 0.789. The summed E-state index contributed by atoms with van der Waals surface area (Å²) in [5, 5.41) is 4.00. The lowest BCUT2D eigenvalue weighted by Crippen LogP contribution is -2.53. The van der Waals surface area contributed by atoms with Gasteiger partial charge in [0.15, 0.2) is 5.69 Å². The van der Waals surface area contributed by atoms with Gasteiger partial charge in [0.2, 0.25) is 0 Å². The van der Waals surface area contributed by atoms with Crippen molar-refractivity contribution in [3.05, 3.63) is 11.9 Å². The van der Waals surface area contributed by atoms with Gasteiger partial charge in [-0.2, -0.15) is 5.10 Å². The number of nitrogen functional groups attached to an aromatic ring is 1. The zero-order valence-corrected chi connectivity index (χ0v) is 16.9. The Kier molecular flexibility index (Phi) is 6.12. The van der Waals surface area contributed by atoms with Crippen molar-refractivity contribution in [2.75, 3.05) is 31.9 Å². The molecule has 2 aliphatic rings. The van der Waals surface area contributed by atoms with E-state index in [2.05, 4.69) is 10.00 Å². The Balaban J connectivity index is 1.47. The number of nitrogens with zero attached hydrogens (tertiary/aromatic N) is 4. The summed E-state index contributed by atoms with van der Waals surface area (Å²) in [4.78, 5) is 16.4. The van der Waals surface area contributed by atoms with Gasteiger partial charge in [-0.05, 0) is 46.5 Å². The lowest BCUT2D eigenvalue weighted by molar-refractivity contribution is 0.00721. The number of carbonyl (C=O) groups excluding carboxylic acids is 1. The fourth-order valence-electron chi connectivity index (χ4n) is 4.06. The van der Waals surface area contributed by atoms with Crippen molar-refractivity contribution in [1.29, 1.82) is 0 Å². The van der Waals surface area contributed by atoms with Gasteiger partial charge in [-0.25, -0.2) is 13.6 Å². The van der Waals surface area contributed by atoms with Gasteiger partial charge in [0.1, 0.15) is 5.60 Å². The van der Waals surface area contributed by atoms with Crippen molar-refractivity contribution >= 4 is 11.8 Å². The van der Waals surface area contributed by atoms with Crippen LogP contribution in [0.2, 0.25) is 0 Å². The van der Waals surface area contributed by atoms with E-state index in [1.165, 1.54) is 6.20 Å². The molecule has 3 rings (SSSR count). The molecule has 28 heavy (non-hydrogen) atoms. The van der Waals surface area contributed by atoms with Gasteiger partial charge in [-0.1, -0.05) is 0 Å². The van der Waals surface area contributed by atoms with E-state index in [0.29, 0.717) is 19.1 Å². The predicted molar refractivity (Wildman–Crippen MR) is 102 cm³/mol. The second-order valence-corrected chi connectivity index (χ2v) is 8.72. The van der Waals surface area contributed by atoms with Crippen molar-refractivity contribution in [1.82, 2.24) is 19.6 Å². The normalized spacial score (nSPS) is 24.6. The van der Waals surface area contributed by atoms with Crippen LogP contribution in [-0.4, -0.2) is 63.5 Å². The summed E-state index contributed by atoms with van der Waals surface area (Å²) in [5.74, 6) is 0. The zero-order valence-electron chi connectivity index (χ0n) is 16.9. The number of nitrogens with two attached hydrogens (primary N) is 1. The average molecular weight is 399 g/mol. The molecule has 1 saturated heterocycles. The third kappa shape index (κ3) is 4.92. The smallest absolute Gasteiger partial charge is 0.410 e. The molecule has 158 valence electrons. The third-order valence-electron chi connectivity index (χ3n) is 5.52. The van der Waals surface area contributed by atoms with Gasteiger partial charge < -0.3 is 15.4 Å². The number of ether oxygens (including phenoxy) is 1. The molecule has 1 aromatic heterocycles. The van der Waals surface area contributed by atoms with Crippen molar-refractivity contribution < 1.29 is 18.3 Å². The minimum atomic E-state index is -2.64. The molecule has 0 atom stereocenters. The molecule has 1 amide bonds. The molecule has 0 aromatic carbocycles. The van der Waals surface area contributed by atoms with E-state index in [1.54, 1.807) is 9.58 Å². The molecule has 0 spiro atoms. The van der Waals surface area contributed by atoms with Crippen LogP contribution in [0.4, 0.5) is 19.3 Å². The Morgan fingerprint density at radius 3 is 2.21 bits per heavy atom. The molecule has 2 fully saturated rings. The summed E-state index contributed by atoms with van der Waals surface area (Å²) in [5.41, 5.74) is 4.92. The van der Waals surface area contributed by atoms with Gasteiger partial charge in [0.25, 0.3) is 6.43 Å². The third-order valence-corrected chi connectivity index (χ3v) is 5.52. The molecule has 0 radical (unpaired) electrons. The number of halogens is 2. The average Bonchev–Trinajstić information content (AvgIpc) is 3.03. The van der Waals surface area contributed by atoms with E-state index >= 15 is 0 Å². The SMILES string of the molecule is CC(C)(C)OC(=O)N1CCN([C@H]2CC[C@H](n3cc(N)c(C(F)F)n3)CC2)CC1. The van der Waals surface area contributed by atoms with E-state index < -0.39 is 12.0 Å². The van der Waals surface area contributed by atoms with E-state index in [9.17, 15) is 13.6 Å². The number of amides is 1. The number of anilines is 1. The summed E-state index contributed by atoms with van der Waals surface area (Å²) in [6.45, 7) is 8.62. The molecular weight excluding hydrogens is 368 g/mol. The largest absolute Gasteiger partial charge is 0.444 e. The predicted octanol–water partition coefficient (Wildman–Crippen LogP) is 3.44. The van der Waals surface area contributed by atoms with Crippen molar-refractivity contribution in [3.63, 3.8) is 0 Å². The number of rotatable bonds is 3. The standard InChI is InChI=1S/C19H31F2N5O2/c1-19(2,3)28-18(27)25-10-8-24(9-11-25)13-4-6-14(7-5-13)26-12-15(22)16(23-26)17(20)21/h12-14,17H,4-11,22H2,1-3H3/t13-,14-. The topological polar surface area (TPSA) is 76.6 Å². The maximum atomic E-state index is 12.9. The Hall–Kier alpha value is -1.90. The first-order valence-electron chi connectivity index (χ1n) is 9.98. The number of aromatic nitrogens is 2. The Labute approximate surface area is 164 Å². The maximum absolute atomic E-state index is 12.9. The fourth-order valence-corrected chi connectivity index (χ4v) is 4.06. The van der Waals surface area contributed by atoms with Crippen LogP contribution in [0.1, 0.15) is 64.6 Å². The zero-order chi connectivity index (χ0) is 20.5. The first kappa shape index (κ1) is 20.8. The van der Waals surface area contributed by atoms with Gasteiger partial charge in [-0.3, -0.25) is 9.58 Å². The highest BCUT2D eigenvalue weighted by atomic mass is 19.3. The molecule has 0 bridgehead atoms. The first-order valence-corrected chi connectivity index (χ1v) is 9.98. The van der Waals surface area contributed by atoms with E-state index in [4.69, 9.17) is 10.5 Å². The van der Waals surface area contributed by atoms with Crippen LogP contribution in [-0.2, 0) is 4.74 Å². The van der Waals surface area contributed by atoms with Crippen LogP contribution in [0.5, 0.6) is 0 Å². The van der Waals surface area contributed by atoms with Gasteiger partial charge in [0.05, 0.1) is 11.7 Å². The first-order chi connectivity index (χ1) is 13.1. The second-order valence-electron chi connectivity index (χ2n) is 8.72. The minimum Gasteiger partial charge on any atom is -0.444 e. The minimum absolute atomic E-state index is 0.0652. The highest BCUT2D eigenvalue weighted by Gasteiger charge is 2.32. The summed E-state index contributed by atoms with van der Waals surface area (Å²) in [6.07, 6.45) is 2.40. The van der Waals surface area contributed by atoms with Crippen LogP contribution >= 0.6 is 0 Å². The number of piperazine rings is 1. The monoisotopic (exact) mass is 399 g/mol. The molecular formula is C19H31F2N5O2. The number of alkyl halides is 2. The highest BCUT2D eigenvalue weighted by molar-refractivity contribution is 5.68. The van der Waals surface area contributed by atoms with Crippen molar-refractivity contribution in [2.24, 2.45) is 0 Å². The molecule has 1 aromatic rings. The number of hydrogen-bond acceptors (Lipinski definition) is 5. The highest BCUT2D eigenvalue weighted by Crippen LogP contribution is 2.33. The summed E-state index contributed by atoms with van der Waals surface area (Å²) in [6, 6.07) is 0.577.